The molecule has 1 atom stereocenters. The number of esters is 1. The number of benzene rings is 1. The lowest BCUT2D eigenvalue weighted by atomic mass is 10.1. The topological polar surface area (TPSA) is 89.7 Å². The molecule has 0 spiro atoms. The number of hydrogen-bond acceptors (Lipinski definition) is 6. The van der Waals surface area contributed by atoms with E-state index < -0.39 is 12.1 Å². The first kappa shape index (κ1) is 18.1. The Balaban J connectivity index is 1.63. The number of rotatable bonds is 4. The molecule has 3 heterocycles. The van der Waals surface area contributed by atoms with Crippen molar-refractivity contribution in [3.63, 3.8) is 0 Å². The first-order valence-electron chi connectivity index (χ1n) is 9.28. The number of amides is 1. The van der Waals surface area contributed by atoms with E-state index >= 15 is 0 Å². The number of fused-ring (bicyclic) bond motifs is 1. The number of carbonyl (C=O) groups excluding carboxylic acids is 2. The molecule has 8 heteroatoms. The van der Waals surface area contributed by atoms with Gasteiger partial charge in [0.05, 0.1) is 0 Å². The van der Waals surface area contributed by atoms with Crippen LogP contribution in [-0.4, -0.2) is 49.4 Å². The van der Waals surface area contributed by atoms with E-state index in [0.29, 0.717) is 24.4 Å². The smallest absolute Gasteiger partial charge is 0.379 e. The maximum Gasteiger partial charge on any atom is 0.379 e. The second kappa shape index (κ2) is 7.38. The number of nitrogens with zero attached hydrogens (tertiary/aromatic N) is 5. The summed E-state index contributed by atoms with van der Waals surface area (Å²) in [5.74, 6) is -0.752. The zero-order valence-corrected chi connectivity index (χ0v) is 15.8. The van der Waals surface area contributed by atoms with Gasteiger partial charge in [0.25, 0.3) is 17.5 Å². The van der Waals surface area contributed by atoms with Crippen LogP contribution in [0.5, 0.6) is 0 Å². The van der Waals surface area contributed by atoms with Crippen LogP contribution < -0.4 is 0 Å². The summed E-state index contributed by atoms with van der Waals surface area (Å²) in [5.41, 5.74) is 2.21. The number of ether oxygens (including phenoxy) is 1. The number of carbonyl (C=O) groups is 2. The van der Waals surface area contributed by atoms with E-state index in [0.717, 1.165) is 24.2 Å². The van der Waals surface area contributed by atoms with Gasteiger partial charge in [-0.25, -0.2) is 14.3 Å². The van der Waals surface area contributed by atoms with Crippen LogP contribution in [0.2, 0.25) is 0 Å². The molecule has 1 saturated heterocycles. The first-order chi connectivity index (χ1) is 13.5. The van der Waals surface area contributed by atoms with Crippen LogP contribution in [0.1, 0.15) is 46.5 Å². The molecule has 1 amide bonds. The van der Waals surface area contributed by atoms with E-state index in [1.54, 1.807) is 17.0 Å². The van der Waals surface area contributed by atoms with Crippen LogP contribution >= 0.6 is 0 Å². The lowest BCUT2D eigenvalue weighted by Gasteiger charge is -2.23. The number of aromatic nitrogens is 4. The highest BCUT2D eigenvalue weighted by molar-refractivity contribution is 5.90. The summed E-state index contributed by atoms with van der Waals surface area (Å²) in [6.07, 6.45) is 0.896. The molecule has 1 aromatic carbocycles. The van der Waals surface area contributed by atoms with Gasteiger partial charge in [0, 0.05) is 30.0 Å². The third-order valence-electron chi connectivity index (χ3n) is 4.77. The molecule has 1 aliphatic heterocycles. The Morgan fingerprint density at radius 2 is 1.79 bits per heavy atom. The van der Waals surface area contributed by atoms with Gasteiger partial charge in [0.2, 0.25) is 6.10 Å². The zero-order valence-electron chi connectivity index (χ0n) is 15.8. The van der Waals surface area contributed by atoms with Crippen molar-refractivity contribution in [1.29, 1.82) is 0 Å². The van der Waals surface area contributed by atoms with E-state index in [1.807, 2.05) is 38.1 Å². The molecule has 8 nitrogen and oxygen atoms in total. The van der Waals surface area contributed by atoms with E-state index in [4.69, 9.17) is 4.74 Å². The summed E-state index contributed by atoms with van der Waals surface area (Å²) >= 11 is 0. The maximum atomic E-state index is 13.0. The summed E-state index contributed by atoms with van der Waals surface area (Å²) < 4.78 is 7.09. The van der Waals surface area contributed by atoms with Crippen LogP contribution in [0, 0.1) is 13.8 Å². The zero-order chi connectivity index (χ0) is 19.7. The SMILES string of the molecule is Cc1cc(C)n2nc(C(=O)O[C@H](C(=O)N3CCCC3)c3ccccc3)nc2n1. The predicted octanol–water partition coefficient (Wildman–Crippen LogP) is 2.26. The molecule has 0 unspecified atom stereocenters. The Hall–Kier alpha value is -3.29. The van der Waals surface area contributed by atoms with E-state index in [2.05, 4.69) is 15.1 Å². The first-order valence-corrected chi connectivity index (χ1v) is 9.28. The summed E-state index contributed by atoms with van der Waals surface area (Å²) in [4.78, 5) is 35.9. The number of aryl methyl sites for hydroxylation is 2. The molecule has 144 valence electrons. The Labute approximate surface area is 162 Å². The highest BCUT2D eigenvalue weighted by atomic mass is 16.5. The Bertz CT molecular complexity index is 1030. The molecule has 28 heavy (non-hydrogen) atoms. The monoisotopic (exact) mass is 379 g/mol. The Kier molecular flexibility index (Phi) is 4.77. The van der Waals surface area contributed by atoms with Crippen molar-refractivity contribution >= 4 is 17.7 Å². The minimum atomic E-state index is -1.02. The van der Waals surface area contributed by atoms with E-state index in [9.17, 15) is 9.59 Å². The third kappa shape index (κ3) is 3.45. The fraction of sp³-hybridized carbons (Fsp3) is 0.350. The lowest BCUT2D eigenvalue weighted by molar-refractivity contribution is -0.140. The van der Waals surface area contributed by atoms with Gasteiger partial charge in [-0.15, -0.1) is 5.10 Å². The van der Waals surface area contributed by atoms with Gasteiger partial charge in [-0.2, -0.15) is 4.98 Å². The van der Waals surface area contributed by atoms with Crippen molar-refractivity contribution in [2.45, 2.75) is 32.8 Å². The quantitative estimate of drug-likeness (QED) is 0.646. The second-order valence-electron chi connectivity index (χ2n) is 6.91. The molecule has 1 fully saturated rings. The van der Waals surface area contributed by atoms with Gasteiger partial charge >= 0.3 is 5.97 Å². The van der Waals surface area contributed by atoms with Crippen LogP contribution in [0.3, 0.4) is 0 Å². The van der Waals surface area contributed by atoms with Crippen molar-refractivity contribution in [2.75, 3.05) is 13.1 Å². The molecular formula is C20H21N5O3. The van der Waals surface area contributed by atoms with Gasteiger partial charge in [-0.1, -0.05) is 30.3 Å². The lowest BCUT2D eigenvalue weighted by Crippen LogP contribution is -2.35. The normalized spacial score (nSPS) is 15.0. The average Bonchev–Trinajstić information content (AvgIpc) is 3.36. The molecule has 0 N–H and O–H groups in total. The fourth-order valence-corrected chi connectivity index (χ4v) is 3.40. The molecule has 1 aliphatic rings. The summed E-state index contributed by atoms with van der Waals surface area (Å²) in [6.45, 7) is 5.05. The van der Waals surface area contributed by atoms with Gasteiger partial charge in [-0.3, -0.25) is 4.79 Å². The van der Waals surface area contributed by atoms with Crippen molar-refractivity contribution in [2.24, 2.45) is 0 Å². The molecule has 0 saturated carbocycles. The largest absolute Gasteiger partial charge is 0.441 e. The van der Waals surface area contributed by atoms with Gasteiger partial charge in [0.1, 0.15) is 0 Å². The fourth-order valence-electron chi connectivity index (χ4n) is 3.40. The number of hydrogen-bond donors (Lipinski definition) is 0. The van der Waals surface area contributed by atoms with Crippen molar-refractivity contribution in [3.05, 3.63) is 59.2 Å². The van der Waals surface area contributed by atoms with Gasteiger partial charge < -0.3 is 9.64 Å². The molecule has 0 bridgehead atoms. The van der Waals surface area contributed by atoms with Crippen LogP contribution in [0.25, 0.3) is 5.78 Å². The van der Waals surface area contributed by atoms with Gasteiger partial charge in [0.15, 0.2) is 0 Å². The molecule has 2 aromatic heterocycles. The van der Waals surface area contributed by atoms with Crippen LogP contribution in [0.15, 0.2) is 36.4 Å². The van der Waals surface area contributed by atoms with E-state index in [-0.39, 0.29) is 11.7 Å². The highest BCUT2D eigenvalue weighted by Gasteiger charge is 2.32. The van der Waals surface area contributed by atoms with Crippen molar-refractivity contribution < 1.29 is 14.3 Å². The third-order valence-corrected chi connectivity index (χ3v) is 4.77. The second-order valence-corrected chi connectivity index (χ2v) is 6.91. The molecule has 4 rings (SSSR count). The highest BCUT2D eigenvalue weighted by Crippen LogP contribution is 2.24. The summed E-state index contributed by atoms with van der Waals surface area (Å²) in [7, 11) is 0. The summed E-state index contributed by atoms with van der Waals surface area (Å²) in [6, 6.07) is 10.9. The van der Waals surface area contributed by atoms with Crippen molar-refractivity contribution in [1.82, 2.24) is 24.5 Å². The van der Waals surface area contributed by atoms with Crippen LogP contribution in [-0.2, 0) is 9.53 Å². The summed E-state index contributed by atoms with van der Waals surface area (Å²) in [5, 5.41) is 4.20. The molecule has 0 radical (unpaired) electrons. The predicted molar refractivity (Wildman–Crippen MR) is 101 cm³/mol. The van der Waals surface area contributed by atoms with E-state index in [1.165, 1.54) is 4.52 Å². The minimum Gasteiger partial charge on any atom is -0.441 e. The van der Waals surface area contributed by atoms with Gasteiger partial charge in [-0.05, 0) is 32.8 Å². The number of likely N-dealkylation sites (tertiary alicyclic amines) is 1. The molecule has 3 aromatic rings. The average molecular weight is 379 g/mol. The Morgan fingerprint density at radius 1 is 1.07 bits per heavy atom. The molecule has 0 aliphatic carbocycles. The molecular weight excluding hydrogens is 358 g/mol. The maximum absolute atomic E-state index is 13.0. The van der Waals surface area contributed by atoms with Crippen molar-refractivity contribution in [3.8, 4) is 0 Å². The van der Waals surface area contributed by atoms with Crippen LogP contribution in [0.4, 0.5) is 0 Å². The standard InChI is InChI=1S/C20H21N5O3/c1-13-12-14(2)25-20(21-13)22-17(23-25)19(27)28-16(15-8-4-3-5-9-15)18(26)24-10-6-7-11-24/h3-5,8-9,12,16H,6-7,10-11H2,1-2H3/t16-/m0/s1. The minimum absolute atomic E-state index is 0.114. The Morgan fingerprint density at radius 3 is 2.50 bits per heavy atom.